The molecule has 120 valence electrons. The Morgan fingerprint density at radius 1 is 1.00 bits per heavy atom. The minimum Gasteiger partial charge on any atom is -0.326 e. The van der Waals surface area contributed by atoms with Crippen molar-refractivity contribution in [3.8, 4) is 6.07 Å². The van der Waals surface area contributed by atoms with Crippen molar-refractivity contribution < 1.29 is 0 Å². The van der Waals surface area contributed by atoms with Gasteiger partial charge < -0.3 is 4.57 Å². The van der Waals surface area contributed by atoms with Crippen molar-refractivity contribution in [1.29, 1.82) is 5.26 Å². The molecule has 5 rings (SSSR count). The molecule has 0 aliphatic rings. The Morgan fingerprint density at radius 3 is 2.56 bits per heavy atom. The molecule has 4 nitrogen and oxygen atoms in total. The summed E-state index contributed by atoms with van der Waals surface area (Å²) >= 11 is 0. The number of rotatable bonds is 2. The Hall–Kier alpha value is -3.32. The molecule has 0 aliphatic carbocycles. The average molecular weight is 324 g/mol. The van der Waals surface area contributed by atoms with E-state index in [-0.39, 0.29) is 0 Å². The second-order valence-corrected chi connectivity index (χ2v) is 6.34. The van der Waals surface area contributed by atoms with Crippen LogP contribution in [-0.4, -0.2) is 14.0 Å². The van der Waals surface area contributed by atoms with Gasteiger partial charge in [-0.1, -0.05) is 37.3 Å². The maximum absolute atomic E-state index is 9.69. The molecule has 0 fully saturated rings. The highest BCUT2D eigenvalue weighted by atomic mass is 15.1. The number of aryl methyl sites for hydroxylation is 1. The molecule has 3 heterocycles. The van der Waals surface area contributed by atoms with E-state index in [0.717, 1.165) is 40.7 Å². The third kappa shape index (κ3) is 1.78. The van der Waals surface area contributed by atoms with Crippen LogP contribution in [0.5, 0.6) is 0 Å². The van der Waals surface area contributed by atoms with Gasteiger partial charge in [0.15, 0.2) is 5.65 Å². The van der Waals surface area contributed by atoms with Crippen molar-refractivity contribution in [2.24, 2.45) is 0 Å². The maximum atomic E-state index is 9.69. The van der Waals surface area contributed by atoms with Crippen LogP contribution in [0.15, 0.2) is 54.6 Å². The first-order valence-electron chi connectivity index (χ1n) is 8.54. The zero-order valence-electron chi connectivity index (χ0n) is 13.9. The molecule has 0 saturated carbocycles. The molecule has 25 heavy (non-hydrogen) atoms. The van der Waals surface area contributed by atoms with Gasteiger partial charge in [0.25, 0.3) is 0 Å². The smallest absolute Gasteiger partial charge is 0.157 e. The molecular formula is C21H16N4. The van der Waals surface area contributed by atoms with E-state index in [9.17, 15) is 5.26 Å². The molecule has 0 spiro atoms. The van der Waals surface area contributed by atoms with E-state index in [1.165, 1.54) is 10.9 Å². The standard InChI is InChI=1S/C21H16N4/c1-2-11-24-18-9-5-3-7-15(18)16-12-14(13-22)20-23-17-8-4-6-10-19(17)25(20)21(16)24/h3-10,12H,2,11H2,1H3. The van der Waals surface area contributed by atoms with Gasteiger partial charge in [0, 0.05) is 17.3 Å². The van der Waals surface area contributed by atoms with Crippen LogP contribution in [0.2, 0.25) is 0 Å². The second kappa shape index (κ2) is 5.09. The zero-order chi connectivity index (χ0) is 17.0. The predicted octanol–water partition coefficient (Wildman–Crippen LogP) is 4.88. The van der Waals surface area contributed by atoms with Crippen molar-refractivity contribution >= 4 is 38.6 Å². The van der Waals surface area contributed by atoms with E-state index in [4.69, 9.17) is 4.98 Å². The Morgan fingerprint density at radius 2 is 1.76 bits per heavy atom. The fraction of sp³-hybridized carbons (Fsp3) is 0.143. The molecule has 0 radical (unpaired) electrons. The van der Waals surface area contributed by atoms with Crippen LogP contribution in [0.4, 0.5) is 0 Å². The summed E-state index contributed by atoms with van der Waals surface area (Å²) in [5.41, 5.74) is 5.62. The van der Waals surface area contributed by atoms with Gasteiger partial charge in [-0.25, -0.2) is 4.98 Å². The molecule has 0 unspecified atom stereocenters. The summed E-state index contributed by atoms with van der Waals surface area (Å²) in [4.78, 5) is 4.73. The van der Waals surface area contributed by atoms with Gasteiger partial charge in [-0.15, -0.1) is 0 Å². The van der Waals surface area contributed by atoms with Gasteiger partial charge in [0.1, 0.15) is 11.7 Å². The van der Waals surface area contributed by atoms with Crippen LogP contribution in [0.25, 0.3) is 38.6 Å². The van der Waals surface area contributed by atoms with Crippen LogP contribution in [0.3, 0.4) is 0 Å². The number of hydrogen-bond acceptors (Lipinski definition) is 2. The van der Waals surface area contributed by atoms with Crippen molar-refractivity contribution in [3.63, 3.8) is 0 Å². The van der Waals surface area contributed by atoms with Crippen LogP contribution in [0, 0.1) is 11.3 Å². The molecule has 5 aromatic rings. The molecule has 3 aromatic heterocycles. The number of imidazole rings is 1. The number of aromatic nitrogens is 3. The quantitative estimate of drug-likeness (QED) is 0.465. The monoisotopic (exact) mass is 324 g/mol. The van der Waals surface area contributed by atoms with Crippen molar-refractivity contribution in [3.05, 3.63) is 60.2 Å². The van der Waals surface area contributed by atoms with E-state index in [0.29, 0.717) is 5.56 Å². The molecule has 0 aliphatic heterocycles. The number of nitrogens with zero attached hydrogens (tertiary/aromatic N) is 4. The topological polar surface area (TPSA) is 46.0 Å². The van der Waals surface area contributed by atoms with Gasteiger partial charge in [-0.2, -0.15) is 5.26 Å². The summed E-state index contributed by atoms with van der Waals surface area (Å²) in [5, 5.41) is 12.0. The fourth-order valence-corrected chi connectivity index (χ4v) is 3.86. The van der Waals surface area contributed by atoms with E-state index < -0.39 is 0 Å². The molecule has 2 aromatic carbocycles. The summed E-state index contributed by atoms with van der Waals surface area (Å²) in [6, 6.07) is 20.8. The SMILES string of the molecule is CCCn1c2ccccc2c2cc(C#N)c3nc4ccccc4n3c21. The summed E-state index contributed by atoms with van der Waals surface area (Å²) in [6.07, 6.45) is 1.04. The van der Waals surface area contributed by atoms with E-state index in [1.54, 1.807) is 0 Å². The number of fused-ring (bicyclic) bond motifs is 7. The highest BCUT2D eigenvalue weighted by Gasteiger charge is 2.18. The largest absolute Gasteiger partial charge is 0.326 e. The molecular weight excluding hydrogens is 308 g/mol. The first kappa shape index (κ1) is 14.1. The van der Waals surface area contributed by atoms with Gasteiger partial charge in [0.05, 0.1) is 22.1 Å². The van der Waals surface area contributed by atoms with Gasteiger partial charge in [0.2, 0.25) is 0 Å². The number of nitriles is 1. The lowest BCUT2D eigenvalue weighted by atomic mass is 10.1. The van der Waals surface area contributed by atoms with E-state index in [2.05, 4.69) is 52.3 Å². The molecule has 0 N–H and O–H groups in total. The first-order chi connectivity index (χ1) is 12.3. The summed E-state index contributed by atoms with van der Waals surface area (Å²) in [5.74, 6) is 0. The molecule has 4 heteroatoms. The zero-order valence-corrected chi connectivity index (χ0v) is 13.9. The molecule has 0 amide bonds. The number of benzene rings is 2. The van der Waals surface area contributed by atoms with E-state index >= 15 is 0 Å². The first-order valence-corrected chi connectivity index (χ1v) is 8.54. The number of pyridine rings is 1. The second-order valence-electron chi connectivity index (χ2n) is 6.34. The fourth-order valence-electron chi connectivity index (χ4n) is 3.86. The summed E-state index contributed by atoms with van der Waals surface area (Å²) in [6.45, 7) is 3.12. The predicted molar refractivity (Wildman–Crippen MR) is 101 cm³/mol. The lowest BCUT2D eigenvalue weighted by Crippen LogP contribution is -2.01. The molecule has 0 bridgehead atoms. The lowest BCUT2D eigenvalue weighted by molar-refractivity contribution is 0.716. The Balaban J connectivity index is 2.16. The summed E-state index contributed by atoms with van der Waals surface area (Å²) in [7, 11) is 0. The molecule has 0 saturated heterocycles. The van der Waals surface area contributed by atoms with Gasteiger partial charge in [-0.05, 0) is 30.7 Å². The normalized spacial score (nSPS) is 11.7. The number of hydrogen-bond donors (Lipinski definition) is 0. The Labute approximate surface area is 144 Å². The van der Waals surface area contributed by atoms with Crippen LogP contribution < -0.4 is 0 Å². The van der Waals surface area contributed by atoms with Crippen LogP contribution in [0.1, 0.15) is 18.9 Å². The van der Waals surface area contributed by atoms with Crippen LogP contribution in [-0.2, 0) is 6.54 Å². The molecule has 0 atom stereocenters. The minimum absolute atomic E-state index is 0.614. The van der Waals surface area contributed by atoms with E-state index in [1.807, 2.05) is 24.3 Å². The third-order valence-electron chi connectivity index (χ3n) is 4.85. The lowest BCUT2D eigenvalue weighted by Gasteiger charge is -2.08. The van der Waals surface area contributed by atoms with Crippen molar-refractivity contribution in [2.75, 3.05) is 0 Å². The highest BCUT2D eigenvalue weighted by Crippen LogP contribution is 2.33. The summed E-state index contributed by atoms with van der Waals surface area (Å²) < 4.78 is 4.51. The van der Waals surface area contributed by atoms with Gasteiger partial charge >= 0.3 is 0 Å². The maximum Gasteiger partial charge on any atom is 0.157 e. The van der Waals surface area contributed by atoms with Crippen molar-refractivity contribution in [1.82, 2.24) is 14.0 Å². The van der Waals surface area contributed by atoms with Crippen LogP contribution >= 0.6 is 0 Å². The highest BCUT2D eigenvalue weighted by molar-refractivity contribution is 6.09. The third-order valence-corrected chi connectivity index (χ3v) is 4.85. The Bertz CT molecular complexity index is 1310. The average Bonchev–Trinajstić information content (AvgIpc) is 3.18. The number of para-hydroxylation sites is 3. The van der Waals surface area contributed by atoms with Crippen molar-refractivity contribution in [2.45, 2.75) is 19.9 Å². The van der Waals surface area contributed by atoms with Gasteiger partial charge in [-0.3, -0.25) is 4.40 Å². The minimum atomic E-state index is 0.614. The Kier molecular flexibility index (Phi) is 2.86.